The van der Waals surface area contributed by atoms with Crippen LogP contribution in [0.5, 0.6) is 0 Å². The van der Waals surface area contributed by atoms with Gasteiger partial charge in [-0.15, -0.1) is 0 Å². The third-order valence-corrected chi connectivity index (χ3v) is 3.17. The molecule has 0 saturated heterocycles. The van der Waals surface area contributed by atoms with Crippen molar-refractivity contribution in [1.82, 2.24) is 5.32 Å². The van der Waals surface area contributed by atoms with Crippen molar-refractivity contribution in [3.05, 3.63) is 64.7 Å². The fourth-order valence-corrected chi connectivity index (χ4v) is 2.07. The molecule has 2 aromatic rings. The normalized spacial score (nSPS) is 10.2. The van der Waals surface area contributed by atoms with Crippen molar-refractivity contribution < 1.29 is 9.90 Å². The average molecular weight is 305 g/mol. The Kier molecular flexibility index (Phi) is 5.60. The first-order valence-corrected chi connectivity index (χ1v) is 7.04. The van der Waals surface area contributed by atoms with Crippen LogP contribution in [0.2, 0.25) is 5.02 Å². The smallest absolute Gasteiger partial charge is 0.251 e. The van der Waals surface area contributed by atoms with Crippen LogP contribution in [0, 0.1) is 0 Å². The zero-order valence-corrected chi connectivity index (χ0v) is 12.2. The van der Waals surface area contributed by atoms with E-state index in [0.717, 1.165) is 11.3 Å². The Morgan fingerprint density at radius 3 is 2.57 bits per heavy atom. The number of hydrogen-bond donors (Lipinski definition) is 3. The summed E-state index contributed by atoms with van der Waals surface area (Å²) in [4.78, 5) is 11.7. The Labute approximate surface area is 128 Å². The van der Waals surface area contributed by atoms with E-state index in [0.29, 0.717) is 17.1 Å². The number of hydrogen-bond acceptors (Lipinski definition) is 3. The van der Waals surface area contributed by atoms with Crippen LogP contribution >= 0.6 is 11.6 Å². The summed E-state index contributed by atoms with van der Waals surface area (Å²) in [7, 11) is 0. The van der Waals surface area contributed by atoms with Gasteiger partial charge in [0.15, 0.2) is 0 Å². The van der Waals surface area contributed by atoms with E-state index in [1.807, 2.05) is 36.4 Å². The molecule has 0 unspecified atom stereocenters. The van der Waals surface area contributed by atoms with E-state index in [1.54, 1.807) is 12.1 Å². The minimum absolute atomic E-state index is 0.0645. The Hall–Kier alpha value is -2.04. The van der Waals surface area contributed by atoms with Crippen LogP contribution in [-0.2, 0) is 6.54 Å². The molecule has 0 aliphatic heterocycles. The molecular weight excluding hydrogens is 288 g/mol. The van der Waals surface area contributed by atoms with Gasteiger partial charge in [0.2, 0.25) is 0 Å². The van der Waals surface area contributed by atoms with Gasteiger partial charge in [-0.05, 0) is 42.0 Å². The maximum atomic E-state index is 11.7. The topological polar surface area (TPSA) is 61.4 Å². The lowest BCUT2D eigenvalue weighted by molar-refractivity contribution is 0.0945. The van der Waals surface area contributed by atoms with Crippen LogP contribution in [0.1, 0.15) is 15.9 Å². The summed E-state index contributed by atoms with van der Waals surface area (Å²) >= 11 is 5.93. The SMILES string of the molecule is O=C(NCCO)c1ccc(NCc2cccc(Cl)c2)cc1. The number of benzene rings is 2. The van der Waals surface area contributed by atoms with Gasteiger partial charge in [-0.3, -0.25) is 4.79 Å². The van der Waals surface area contributed by atoms with Crippen LogP contribution in [-0.4, -0.2) is 24.2 Å². The third-order valence-electron chi connectivity index (χ3n) is 2.93. The van der Waals surface area contributed by atoms with Gasteiger partial charge in [0.1, 0.15) is 0 Å². The number of halogens is 1. The second-order valence-corrected chi connectivity index (χ2v) is 4.98. The summed E-state index contributed by atoms with van der Waals surface area (Å²) in [5.41, 5.74) is 2.58. The van der Waals surface area contributed by atoms with Gasteiger partial charge in [0.05, 0.1) is 6.61 Å². The molecule has 0 fully saturated rings. The lowest BCUT2D eigenvalue weighted by Crippen LogP contribution is -2.26. The number of rotatable bonds is 6. The number of carbonyl (C=O) groups is 1. The minimum Gasteiger partial charge on any atom is -0.395 e. The molecule has 110 valence electrons. The van der Waals surface area contributed by atoms with Crippen molar-refractivity contribution in [2.24, 2.45) is 0 Å². The fraction of sp³-hybridized carbons (Fsp3) is 0.188. The monoisotopic (exact) mass is 304 g/mol. The molecule has 0 bridgehead atoms. The van der Waals surface area contributed by atoms with Crippen molar-refractivity contribution in [2.75, 3.05) is 18.5 Å². The molecular formula is C16H17ClN2O2. The second-order valence-electron chi connectivity index (χ2n) is 4.54. The van der Waals surface area contributed by atoms with E-state index in [2.05, 4.69) is 10.6 Å². The molecule has 2 rings (SSSR count). The van der Waals surface area contributed by atoms with Gasteiger partial charge in [0, 0.05) is 29.4 Å². The zero-order valence-electron chi connectivity index (χ0n) is 11.5. The van der Waals surface area contributed by atoms with E-state index in [4.69, 9.17) is 16.7 Å². The quantitative estimate of drug-likeness (QED) is 0.769. The van der Waals surface area contributed by atoms with Crippen molar-refractivity contribution >= 4 is 23.2 Å². The lowest BCUT2D eigenvalue weighted by Gasteiger charge is -2.08. The van der Waals surface area contributed by atoms with Crippen molar-refractivity contribution in [3.8, 4) is 0 Å². The van der Waals surface area contributed by atoms with Crippen molar-refractivity contribution in [2.45, 2.75) is 6.54 Å². The summed E-state index contributed by atoms with van der Waals surface area (Å²) in [5.74, 6) is -0.189. The van der Waals surface area contributed by atoms with Crippen molar-refractivity contribution in [1.29, 1.82) is 0 Å². The second kappa shape index (κ2) is 7.67. The highest BCUT2D eigenvalue weighted by Gasteiger charge is 2.04. The summed E-state index contributed by atoms with van der Waals surface area (Å²) in [6, 6.07) is 14.8. The number of carbonyl (C=O) groups excluding carboxylic acids is 1. The van der Waals surface area contributed by atoms with E-state index >= 15 is 0 Å². The molecule has 3 N–H and O–H groups in total. The van der Waals surface area contributed by atoms with E-state index in [9.17, 15) is 4.79 Å². The van der Waals surface area contributed by atoms with Crippen LogP contribution in [0.15, 0.2) is 48.5 Å². The first-order valence-electron chi connectivity index (χ1n) is 6.66. The molecule has 21 heavy (non-hydrogen) atoms. The minimum atomic E-state index is -0.189. The molecule has 0 radical (unpaired) electrons. The summed E-state index contributed by atoms with van der Waals surface area (Å²) in [6.45, 7) is 0.856. The van der Waals surface area contributed by atoms with E-state index in [1.165, 1.54) is 0 Å². The van der Waals surface area contributed by atoms with Crippen molar-refractivity contribution in [3.63, 3.8) is 0 Å². The predicted octanol–water partition coefficient (Wildman–Crippen LogP) is 2.67. The lowest BCUT2D eigenvalue weighted by atomic mass is 10.2. The van der Waals surface area contributed by atoms with Crippen LogP contribution in [0.25, 0.3) is 0 Å². The Balaban J connectivity index is 1.92. The number of amides is 1. The Morgan fingerprint density at radius 1 is 1.14 bits per heavy atom. The van der Waals surface area contributed by atoms with Gasteiger partial charge < -0.3 is 15.7 Å². The first kappa shape index (κ1) is 15.4. The van der Waals surface area contributed by atoms with Crippen LogP contribution < -0.4 is 10.6 Å². The molecule has 0 atom stereocenters. The highest BCUT2D eigenvalue weighted by molar-refractivity contribution is 6.30. The number of aliphatic hydroxyl groups excluding tert-OH is 1. The maximum Gasteiger partial charge on any atom is 0.251 e. The summed E-state index contributed by atoms with van der Waals surface area (Å²) in [6.07, 6.45) is 0. The molecule has 4 nitrogen and oxygen atoms in total. The van der Waals surface area contributed by atoms with E-state index in [-0.39, 0.29) is 19.1 Å². The van der Waals surface area contributed by atoms with Crippen LogP contribution in [0.3, 0.4) is 0 Å². The van der Waals surface area contributed by atoms with Gasteiger partial charge in [0.25, 0.3) is 5.91 Å². The maximum absolute atomic E-state index is 11.7. The highest BCUT2D eigenvalue weighted by Crippen LogP contribution is 2.14. The molecule has 0 spiro atoms. The van der Waals surface area contributed by atoms with E-state index < -0.39 is 0 Å². The third kappa shape index (κ3) is 4.77. The number of nitrogens with one attached hydrogen (secondary N) is 2. The summed E-state index contributed by atoms with van der Waals surface area (Å²) < 4.78 is 0. The zero-order chi connectivity index (χ0) is 15.1. The molecule has 1 amide bonds. The molecule has 0 aliphatic rings. The number of anilines is 1. The number of aliphatic hydroxyl groups is 1. The standard InChI is InChI=1S/C16H17ClN2O2/c17-14-3-1-2-12(10-14)11-19-15-6-4-13(5-7-15)16(21)18-8-9-20/h1-7,10,19-20H,8-9,11H2,(H,18,21). The van der Waals surface area contributed by atoms with Gasteiger partial charge in [-0.25, -0.2) is 0 Å². The molecule has 5 heteroatoms. The summed E-state index contributed by atoms with van der Waals surface area (Å²) in [5, 5.41) is 15.3. The molecule has 0 aliphatic carbocycles. The Bertz CT molecular complexity index is 599. The van der Waals surface area contributed by atoms with Gasteiger partial charge in [-0.1, -0.05) is 23.7 Å². The predicted molar refractivity (Wildman–Crippen MR) is 84.6 cm³/mol. The van der Waals surface area contributed by atoms with Crippen LogP contribution in [0.4, 0.5) is 5.69 Å². The molecule has 2 aromatic carbocycles. The Morgan fingerprint density at radius 2 is 1.90 bits per heavy atom. The van der Waals surface area contributed by atoms with Gasteiger partial charge >= 0.3 is 0 Å². The average Bonchev–Trinajstić information content (AvgIpc) is 2.51. The molecule has 0 heterocycles. The molecule has 0 aromatic heterocycles. The molecule has 0 saturated carbocycles. The van der Waals surface area contributed by atoms with Gasteiger partial charge in [-0.2, -0.15) is 0 Å². The first-order chi connectivity index (χ1) is 10.2. The highest BCUT2D eigenvalue weighted by atomic mass is 35.5. The fourth-order valence-electron chi connectivity index (χ4n) is 1.86. The largest absolute Gasteiger partial charge is 0.395 e.